The molecule has 7 heteroatoms. The third-order valence-corrected chi connectivity index (χ3v) is 3.74. The first-order chi connectivity index (χ1) is 10.1. The molecule has 0 saturated carbocycles. The van der Waals surface area contributed by atoms with Crippen LogP contribution in [0, 0.1) is 5.82 Å². The second-order valence-electron chi connectivity index (χ2n) is 4.41. The third kappa shape index (κ3) is 2.31. The van der Waals surface area contributed by atoms with Crippen LogP contribution in [0.4, 0.5) is 9.52 Å². The number of nitrogens with zero attached hydrogens (tertiary/aromatic N) is 2. The Kier molecular flexibility index (Phi) is 3.26. The van der Waals surface area contributed by atoms with Gasteiger partial charge in [0.05, 0.1) is 5.52 Å². The van der Waals surface area contributed by atoms with Crippen molar-refractivity contribution in [3.8, 4) is 0 Å². The van der Waals surface area contributed by atoms with Crippen molar-refractivity contribution in [2.45, 2.75) is 0 Å². The van der Waals surface area contributed by atoms with Gasteiger partial charge in [0.1, 0.15) is 11.4 Å². The fraction of sp³-hybridized carbons (Fsp3) is 0.0714. The van der Waals surface area contributed by atoms with E-state index in [1.54, 1.807) is 18.6 Å². The van der Waals surface area contributed by atoms with E-state index in [9.17, 15) is 14.0 Å². The summed E-state index contributed by atoms with van der Waals surface area (Å²) in [5, 5.41) is 4.83. The average Bonchev–Trinajstić information content (AvgIpc) is 2.95. The van der Waals surface area contributed by atoms with Gasteiger partial charge in [-0.2, -0.15) is 0 Å². The molecule has 1 aromatic carbocycles. The first-order valence-electron chi connectivity index (χ1n) is 6.06. The van der Waals surface area contributed by atoms with Crippen LogP contribution in [0.25, 0.3) is 10.9 Å². The van der Waals surface area contributed by atoms with E-state index < -0.39 is 17.2 Å². The molecule has 0 saturated heterocycles. The minimum absolute atomic E-state index is 0.0502. The number of aromatic nitrogens is 2. The van der Waals surface area contributed by atoms with Crippen molar-refractivity contribution in [2.24, 2.45) is 7.05 Å². The summed E-state index contributed by atoms with van der Waals surface area (Å²) in [7, 11) is 1.59. The number of anilines is 1. The van der Waals surface area contributed by atoms with Gasteiger partial charge in [-0.05, 0) is 12.1 Å². The highest BCUT2D eigenvalue weighted by atomic mass is 32.1. The minimum atomic E-state index is -0.559. The number of carbonyl (C=O) groups excluding carboxylic acids is 1. The number of hydrogen-bond donors (Lipinski definition) is 1. The number of hydrogen-bond acceptors (Lipinski definition) is 4. The topological polar surface area (TPSA) is 64.0 Å². The Hall–Kier alpha value is -2.54. The Bertz CT molecular complexity index is 887. The van der Waals surface area contributed by atoms with E-state index in [1.807, 2.05) is 0 Å². The maximum Gasteiger partial charge on any atom is 0.262 e. The van der Waals surface area contributed by atoms with Crippen molar-refractivity contribution < 1.29 is 9.18 Å². The number of para-hydroxylation sites is 1. The van der Waals surface area contributed by atoms with Crippen molar-refractivity contribution in [1.82, 2.24) is 9.55 Å². The van der Waals surface area contributed by atoms with Gasteiger partial charge < -0.3 is 4.57 Å². The standard InChI is InChI=1S/C14H10FN3O2S/c1-18-7-9(13(20)17-14-16-5-6-21-14)12(19)8-3-2-4-10(15)11(8)18/h2-7H,1H3,(H,16,17,20). The Morgan fingerprint density at radius 1 is 1.43 bits per heavy atom. The van der Waals surface area contributed by atoms with Crippen LogP contribution in [0.3, 0.4) is 0 Å². The molecule has 0 atom stereocenters. The molecule has 21 heavy (non-hydrogen) atoms. The van der Waals surface area contributed by atoms with Gasteiger partial charge in [-0.1, -0.05) is 6.07 Å². The highest BCUT2D eigenvalue weighted by Gasteiger charge is 2.16. The molecule has 1 amide bonds. The van der Waals surface area contributed by atoms with Gasteiger partial charge in [0.2, 0.25) is 5.43 Å². The molecule has 5 nitrogen and oxygen atoms in total. The fourth-order valence-corrected chi connectivity index (χ4v) is 2.65. The molecule has 0 aliphatic heterocycles. The molecule has 0 radical (unpaired) electrons. The summed E-state index contributed by atoms with van der Waals surface area (Å²) in [5.74, 6) is -1.06. The summed E-state index contributed by atoms with van der Waals surface area (Å²) in [6.07, 6.45) is 2.88. The normalized spacial score (nSPS) is 10.8. The maximum absolute atomic E-state index is 13.8. The molecule has 2 heterocycles. The number of halogens is 1. The van der Waals surface area contributed by atoms with Crippen LogP contribution in [-0.4, -0.2) is 15.5 Å². The third-order valence-electron chi connectivity index (χ3n) is 3.05. The zero-order valence-corrected chi connectivity index (χ0v) is 11.8. The Balaban J connectivity index is 2.14. The van der Waals surface area contributed by atoms with E-state index in [4.69, 9.17) is 0 Å². The van der Waals surface area contributed by atoms with E-state index >= 15 is 0 Å². The smallest absolute Gasteiger partial charge is 0.262 e. The molecule has 106 valence electrons. The van der Waals surface area contributed by atoms with Gasteiger partial charge >= 0.3 is 0 Å². The molecule has 0 aliphatic rings. The number of thiazole rings is 1. The molecular formula is C14H10FN3O2S. The first kappa shape index (κ1) is 13.4. The molecule has 3 rings (SSSR count). The zero-order valence-electron chi connectivity index (χ0n) is 11.0. The van der Waals surface area contributed by atoms with Gasteiger partial charge in [0.25, 0.3) is 5.91 Å². The molecule has 0 fully saturated rings. The SMILES string of the molecule is Cn1cc(C(=O)Nc2nccs2)c(=O)c2cccc(F)c21. The van der Waals surface area contributed by atoms with Crippen LogP contribution in [0.2, 0.25) is 0 Å². The number of rotatable bonds is 2. The van der Waals surface area contributed by atoms with Crippen molar-refractivity contribution in [3.63, 3.8) is 0 Å². The van der Waals surface area contributed by atoms with Crippen LogP contribution < -0.4 is 10.7 Å². The maximum atomic E-state index is 13.8. The molecule has 3 aromatic rings. The van der Waals surface area contributed by atoms with Crippen molar-refractivity contribution in [1.29, 1.82) is 0 Å². The summed E-state index contributed by atoms with van der Waals surface area (Å²) in [6.45, 7) is 0. The summed E-state index contributed by atoms with van der Waals surface area (Å²) >= 11 is 1.25. The van der Waals surface area contributed by atoms with Crippen LogP contribution in [0.5, 0.6) is 0 Å². The molecular weight excluding hydrogens is 293 g/mol. The van der Waals surface area contributed by atoms with Crippen molar-refractivity contribution >= 4 is 33.3 Å². The van der Waals surface area contributed by atoms with Gasteiger partial charge in [-0.25, -0.2) is 9.37 Å². The Morgan fingerprint density at radius 2 is 2.24 bits per heavy atom. The lowest BCUT2D eigenvalue weighted by molar-refractivity contribution is 0.102. The van der Waals surface area contributed by atoms with Crippen LogP contribution >= 0.6 is 11.3 Å². The van der Waals surface area contributed by atoms with Crippen molar-refractivity contribution in [2.75, 3.05) is 5.32 Å². The minimum Gasteiger partial charge on any atom is -0.347 e. The summed E-state index contributed by atoms with van der Waals surface area (Å²) < 4.78 is 15.2. The highest BCUT2D eigenvalue weighted by Crippen LogP contribution is 2.16. The van der Waals surface area contributed by atoms with Crippen LogP contribution in [0.1, 0.15) is 10.4 Å². The molecule has 0 unspecified atom stereocenters. The second kappa shape index (κ2) is 5.10. The van der Waals surface area contributed by atoms with Crippen molar-refractivity contribution in [3.05, 3.63) is 57.6 Å². The van der Waals surface area contributed by atoms with Crippen LogP contribution in [0.15, 0.2) is 40.8 Å². The Labute approximate surface area is 122 Å². The number of aryl methyl sites for hydroxylation is 1. The number of benzene rings is 1. The lowest BCUT2D eigenvalue weighted by Crippen LogP contribution is -2.23. The molecule has 0 bridgehead atoms. The van der Waals surface area contributed by atoms with E-state index in [0.717, 1.165) is 0 Å². The average molecular weight is 303 g/mol. The second-order valence-corrected chi connectivity index (χ2v) is 5.30. The number of carbonyl (C=O) groups is 1. The predicted octanol–water partition coefficient (Wildman–Crippen LogP) is 2.39. The largest absolute Gasteiger partial charge is 0.347 e. The van der Waals surface area contributed by atoms with E-state index in [1.165, 1.54) is 40.3 Å². The summed E-state index contributed by atoms with van der Waals surface area (Å²) in [6, 6.07) is 4.22. The van der Waals surface area contributed by atoms with E-state index in [2.05, 4.69) is 10.3 Å². The predicted molar refractivity (Wildman–Crippen MR) is 79.2 cm³/mol. The number of nitrogens with one attached hydrogen (secondary N) is 1. The first-order valence-corrected chi connectivity index (χ1v) is 6.94. The summed E-state index contributed by atoms with van der Waals surface area (Å²) in [4.78, 5) is 28.4. The van der Waals surface area contributed by atoms with Gasteiger partial charge in [-0.3, -0.25) is 14.9 Å². The zero-order chi connectivity index (χ0) is 15.0. The highest BCUT2D eigenvalue weighted by molar-refractivity contribution is 7.13. The summed E-state index contributed by atoms with van der Waals surface area (Å²) in [5.41, 5.74) is -0.379. The fourth-order valence-electron chi connectivity index (χ4n) is 2.13. The molecule has 2 aromatic heterocycles. The van der Waals surface area contributed by atoms with Gasteiger partial charge in [-0.15, -0.1) is 11.3 Å². The van der Waals surface area contributed by atoms with E-state index in [-0.39, 0.29) is 16.5 Å². The Morgan fingerprint density at radius 3 is 2.95 bits per heavy atom. The monoisotopic (exact) mass is 303 g/mol. The lowest BCUT2D eigenvalue weighted by atomic mass is 10.1. The molecule has 0 aliphatic carbocycles. The lowest BCUT2D eigenvalue weighted by Gasteiger charge is -2.09. The number of pyridine rings is 1. The van der Waals surface area contributed by atoms with Crippen LogP contribution in [-0.2, 0) is 7.05 Å². The van der Waals surface area contributed by atoms with E-state index in [0.29, 0.717) is 5.13 Å². The quantitative estimate of drug-likeness (QED) is 0.790. The molecule has 0 spiro atoms. The van der Waals surface area contributed by atoms with Gasteiger partial charge in [0, 0.05) is 30.2 Å². The number of fused-ring (bicyclic) bond motifs is 1. The number of amides is 1. The van der Waals surface area contributed by atoms with Gasteiger partial charge in [0.15, 0.2) is 5.13 Å². The molecule has 1 N–H and O–H groups in total.